The van der Waals surface area contributed by atoms with Gasteiger partial charge in [0.15, 0.2) is 0 Å². The van der Waals surface area contributed by atoms with Crippen LogP contribution in [0.4, 0.5) is 11.4 Å². The molecule has 10 heteroatoms. The van der Waals surface area contributed by atoms with Crippen molar-refractivity contribution < 1.29 is 19.5 Å². The van der Waals surface area contributed by atoms with Crippen LogP contribution in [0.2, 0.25) is 10.0 Å². The number of carboxylic acid groups (broad SMARTS) is 1. The Kier molecular flexibility index (Phi) is 6.91. The first-order valence-electron chi connectivity index (χ1n) is 11.7. The van der Waals surface area contributed by atoms with Gasteiger partial charge in [0, 0.05) is 44.4 Å². The number of benzene rings is 3. The van der Waals surface area contributed by atoms with Crippen LogP contribution in [0.1, 0.15) is 34.3 Å². The van der Waals surface area contributed by atoms with Gasteiger partial charge in [-0.2, -0.15) is 0 Å². The number of fused-ring (bicyclic) bond motifs is 1. The first-order valence-corrected chi connectivity index (χ1v) is 13.2. The maximum absolute atomic E-state index is 13.7. The van der Waals surface area contributed by atoms with E-state index in [0.29, 0.717) is 50.8 Å². The van der Waals surface area contributed by atoms with Crippen LogP contribution in [-0.2, 0) is 21.5 Å². The molecule has 1 fully saturated rings. The molecule has 37 heavy (non-hydrogen) atoms. The summed E-state index contributed by atoms with van der Waals surface area (Å²) in [6, 6.07) is 16.6. The van der Waals surface area contributed by atoms with Gasteiger partial charge < -0.3 is 20.6 Å². The van der Waals surface area contributed by atoms with Crippen molar-refractivity contribution >= 4 is 68.3 Å². The third kappa shape index (κ3) is 4.81. The molecule has 0 bridgehead atoms. The first kappa shape index (κ1) is 25.6. The van der Waals surface area contributed by atoms with Crippen molar-refractivity contribution in [3.63, 3.8) is 0 Å². The van der Waals surface area contributed by atoms with Crippen molar-refractivity contribution in [3.05, 3.63) is 91.9 Å². The molecule has 2 heterocycles. The number of likely N-dealkylation sites (tertiary alicyclic amines) is 1. The summed E-state index contributed by atoms with van der Waals surface area (Å²) in [4.78, 5) is 40.4. The summed E-state index contributed by atoms with van der Waals surface area (Å²) in [5.41, 5.74) is 1.43. The minimum absolute atomic E-state index is 0.232. The molecule has 2 aliphatic heterocycles. The van der Waals surface area contributed by atoms with Crippen LogP contribution in [0.5, 0.6) is 0 Å². The van der Waals surface area contributed by atoms with Crippen molar-refractivity contribution in [1.82, 2.24) is 4.90 Å². The monoisotopic (exact) mass is 601 g/mol. The van der Waals surface area contributed by atoms with Crippen LogP contribution in [0.25, 0.3) is 0 Å². The van der Waals surface area contributed by atoms with E-state index in [1.54, 1.807) is 48.5 Å². The number of aliphatic carboxylic acids is 1. The van der Waals surface area contributed by atoms with Gasteiger partial charge in [-0.15, -0.1) is 0 Å². The number of carboxylic acids is 1. The van der Waals surface area contributed by atoms with Gasteiger partial charge in [0.1, 0.15) is 11.6 Å². The summed E-state index contributed by atoms with van der Waals surface area (Å²) in [5.74, 6) is -1.75. The molecule has 1 saturated heterocycles. The Labute approximate surface area is 231 Å². The summed E-state index contributed by atoms with van der Waals surface area (Å²) in [5, 5.41) is 16.9. The number of hydrogen-bond donors (Lipinski definition) is 3. The van der Waals surface area contributed by atoms with E-state index in [2.05, 4.69) is 26.6 Å². The number of hydrogen-bond acceptors (Lipinski definition) is 4. The second-order valence-corrected chi connectivity index (χ2v) is 11.0. The van der Waals surface area contributed by atoms with E-state index >= 15 is 0 Å². The third-order valence-electron chi connectivity index (χ3n) is 6.79. The molecule has 0 saturated carbocycles. The van der Waals surface area contributed by atoms with E-state index in [0.717, 1.165) is 5.56 Å². The van der Waals surface area contributed by atoms with Gasteiger partial charge in [0.2, 0.25) is 0 Å². The standard InChI is InChI=1S/C27H22BrCl2N3O4/c28-16-6-8-19(24(34)33-10-2-5-23(33)25(35)36)21(12-16)32-27(14-15-3-1-4-17(29)11-15)20-9-7-18(30)13-22(20)31-26(27)37/h1,3-4,6-9,11-13,23,32H,2,5,10,14H2,(H,31,37)(H,35,36)/t23-,27?/m1/s1. The van der Waals surface area contributed by atoms with Crippen LogP contribution in [0.3, 0.4) is 0 Å². The van der Waals surface area contributed by atoms with Gasteiger partial charge in [-0.1, -0.05) is 57.3 Å². The summed E-state index contributed by atoms with van der Waals surface area (Å²) in [6.45, 7) is 0.348. The molecule has 7 nitrogen and oxygen atoms in total. The molecule has 3 aromatic rings. The van der Waals surface area contributed by atoms with Crippen molar-refractivity contribution in [2.75, 3.05) is 17.2 Å². The van der Waals surface area contributed by atoms with Gasteiger partial charge in [0.25, 0.3) is 11.8 Å². The number of carbonyl (C=O) groups is 3. The Morgan fingerprint density at radius 2 is 1.89 bits per heavy atom. The van der Waals surface area contributed by atoms with Gasteiger partial charge in [-0.05, 0) is 60.9 Å². The van der Waals surface area contributed by atoms with E-state index in [9.17, 15) is 19.5 Å². The highest BCUT2D eigenvalue weighted by Crippen LogP contribution is 2.43. The number of nitrogens with zero attached hydrogens (tertiary/aromatic N) is 1. The predicted molar refractivity (Wildman–Crippen MR) is 146 cm³/mol. The minimum Gasteiger partial charge on any atom is -0.480 e. The summed E-state index contributed by atoms with van der Waals surface area (Å²) >= 11 is 15.9. The number of amides is 2. The van der Waals surface area contributed by atoms with Crippen molar-refractivity contribution in [3.8, 4) is 0 Å². The van der Waals surface area contributed by atoms with Gasteiger partial charge in [0.05, 0.1) is 5.56 Å². The highest BCUT2D eigenvalue weighted by Gasteiger charge is 2.48. The Morgan fingerprint density at radius 3 is 2.65 bits per heavy atom. The lowest BCUT2D eigenvalue weighted by atomic mass is 9.84. The summed E-state index contributed by atoms with van der Waals surface area (Å²) in [6.07, 6.45) is 1.24. The molecule has 0 aromatic heterocycles. The third-order valence-corrected chi connectivity index (χ3v) is 7.76. The first-order chi connectivity index (χ1) is 17.7. The molecule has 5 rings (SSSR count). The lowest BCUT2D eigenvalue weighted by molar-refractivity contribution is -0.141. The number of nitrogens with one attached hydrogen (secondary N) is 2. The highest BCUT2D eigenvalue weighted by molar-refractivity contribution is 9.10. The van der Waals surface area contributed by atoms with Gasteiger partial charge in [-0.3, -0.25) is 9.59 Å². The number of anilines is 2. The van der Waals surface area contributed by atoms with E-state index in [1.807, 2.05) is 12.1 Å². The van der Waals surface area contributed by atoms with E-state index < -0.39 is 23.5 Å². The van der Waals surface area contributed by atoms with Gasteiger partial charge in [-0.25, -0.2) is 4.79 Å². The normalized spacial score (nSPS) is 20.5. The summed E-state index contributed by atoms with van der Waals surface area (Å²) < 4.78 is 0.690. The molecule has 0 radical (unpaired) electrons. The zero-order chi connectivity index (χ0) is 26.3. The van der Waals surface area contributed by atoms with Crippen molar-refractivity contribution in [1.29, 1.82) is 0 Å². The lowest BCUT2D eigenvalue weighted by Crippen LogP contribution is -2.45. The van der Waals surface area contributed by atoms with Crippen LogP contribution in [0, 0.1) is 0 Å². The minimum atomic E-state index is -1.29. The number of rotatable bonds is 6. The van der Waals surface area contributed by atoms with Crippen molar-refractivity contribution in [2.24, 2.45) is 0 Å². The molecule has 0 spiro atoms. The van der Waals surface area contributed by atoms with Crippen LogP contribution < -0.4 is 10.6 Å². The SMILES string of the molecule is O=C(O)[C@H]1CCCN1C(=O)c1ccc(Br)cc1NC1(Cc2cccc(Cl)c2)C(=O)Nc2cc(Cl)ccc21. The lowest BCUT2D eigenvalue weighted by Gasteiger charge is -2.32. The Hall–Kier alpha value is -3.07. The quantitative estimate of drug-likeness (QED) is 0.324. The Morgan fingerprint density at radius 1 is 1.11 bits per heavy atom. The molecule has 2 amide bonds. The number of carbonyl (C=O) groups excluding carboxylic acids is 2. The van der Waals surface area contributed by atoms with Crippen molar-refractivity contribution in [2.45, 2.75) is 30.8 Å². The van der Waals surface area contributed by atoms with Crippen LogP contribution in [0.15, 0.2) is 65.1 Å². The molecule has 2 aliphatic rings. The zero-order valence-electron chi connectivity index (χ0n) is 19.4. The van der Waals surface area contributed by atoms with Crippen LogP contribution >= 0.6 is 39.1 Å². The fraction of sp³-hybridized carbons (Fsp3) is 0.222. The smallest absolute Gasteiger partial charge is 0.326 e. The molecular formula is C27H22BrCl2N3O4. The Bertz CT molecular complexity index is 1430. The topological polar surface area (TPSA) is 98.7 Å². The maximum atomic E-state index is 13.7. The molecule has 1 unspecified atom stereocenters. The molecule has 2 atom stereocenters. The average molecular weight is 603 g/mol. The molecule has 190 valence electrons. The fourth-order valence-corrected chi connectivity index (χ4v) is 5.84. The highest BCUT2D eigenvalue weighted by atomic mass is 79.9. The van der Waals surface area contributed by atoms with E-state index in [4.69, 9.17) is 23.2 Å². The van der Waals surface area contributed by atoms with Crippen LogP contribution in [-0.4, -0.2) is 40.4 Å². The molecule has 3 N–H and O–H groups in total. The van der Waals surface area contributed by atoms with E-state index in [1.165, 1.54) is 4.90 Å². The largest absolute Gasteiger partial charge is 0.480 e. The number of halogens is 3. The maximum Gasteiger partial charge on any atom is 0.326 e. The Balaban J connectivity index is 1.62. The van der Waals surface area contributed by atoms with E-state index in [-0.39, 0.29) is 17.9 Å². The zero-order valence-corrected chi connectivity index (χ0v) is 22.5. The molecule has 3 aromatic carbocycles. The predicted octanol–water partition coefficient (Wildman–Crippen LogP) is 5.95. The summed E-state index contributed by atoms with van der Waals surface area (Å²) in [7, 11) is 0. The second kappa shape index (κ2) is 10.0. The van der Waals surface area contributed by atoms with Gasteiger partial charge >= 0.3 is 5.97 Å². The fourth-order valence-electron chi connectivity index (χ4n) is 5.10. The molecular weight excluding hydrogens is 581 g/mol. The average Bonchev–Trinajstić information content (AvgIpc) is 3.42. The molecule has 0 aliphatic carbocycles. The second-order valence-electron chi connectivity index (χ2n) is 9.17.